The molecule has 2 aromatic rings. The smallest absolute Gasteiger partial charge is 0.416 e. The molecule has 2 N–H and O–H groups in total. The Morgan fingerprint density at radius 2 is 1.64 bits per heavy atom. The summed E-state index contributed by atoms with van der Waals surface area (Å²) in [6, 6.07) is 10.6. The first-order valence-corrected chi connectivity index (χ1v) is 14.7. The molecule has 4 rings (SSSR count). The van der Waals surface area contributed by atoms with Crippen molar-refractivity contribution in [1.29, 1.82) is 0 Å². The molecule has 0 unspecified atom stereocenters. The van der Waals surface area contributed by atoms with Gasteiger partial charge in [0, 0.05) is 12.8 Å². The minimum absolute atomic E-state index is 0.0247. The van der Waals surface area contributed by atoms with Gasteiger partial charge in [-0.15, -0.1) is 0 Å². The highest BCUT2D eigenvalue weighted by Crippen LogP contribution is 2.48. The summed E-state index contributed by atoms with van der Waals surface area (Å²) in [4.78, 5) is 26.4. The predicted molar refractivity (Wildman–Crippen MR) is 141 cm³/mol. The fourth-order valence-corrected chi connectivity index (χ4v) is 5.95. The van der Waals surface area contributed by atoms with Gasteiger partial charge < -0.3 is 10.1 Å². The van der Waals surface area contributed by atoms with E-state index in [0.29, 0.717) is 19.3 Å². The maximum absolute atomic E-state index is 14.9. The van der Waals surface area contributed by atoms with E-state index in [9.17, 15) is 44.3 Å². The molecular weight excluding hydrogens is 590 g/mol. The highest BCUT2D eigenvalue weighted by molar-refractivity contribution is 7.91. The van der Waals surface area contributed by atoms with Crippen LogP contribution in [0.25, 0.3) is 5.57 Å². The van der Waals surface area contributed by atoms with Crippen LogP contribution in [0.4, 0.5) is 26.3 Å². The van der Waals surface area contributed by atoms with Gasteiger partial charge in [-0.3, -0.25) is 9.59 Å². The SMILES string of the molecule is CCc1ccc(C2=C(C(=O)NS(=O)(=O)C3CC3)C(=O)N[C@@](c3ccc(OCCCC(F)(F)F)cc3)(C(F)(F)F)C2)cc1. The van der Waals surface area contributed by atoms with Gasteiger partial charge in [0.1, 0.15) is 11.3 Å². The third-order valence-corrected chi connectivity index (χ3v) is 8.96. The molecule has 2 amide bonds. The Hall–Kier alpha value is -3.55. The summed E-state index contributed by atoms with van der Waals surface area (Å²) >= 11 is 0. The third kappa shape index (κ3) is 6.90. The monoisotopic (exact) mass is 618 g/mol. The molecular formula is C28H28F6N2O5S. The normalized spacial score (nSPS) is 19.8. The van der Waals surface area contributed by atoms with Crippen molar-refractivity contribution in [2.45, 2.75) is 68.6 Å². The van der Waals surface area contributed by atoms with Crippen molar-refractivity contribution in [3.8, 4) is 5.75 Å². The first kappa shape index (κ1) is 31.4. The van der Waals surface area contributed by atoms with E-state index in [1.54, 1.807) is 12.1 Å². The van der Waals surface area contributed by atoms with Gasteiger partial charge in [0.2, 0.25) is 10.0 Å². The predicted octanol–water partition coefficient (Wildman–Crippen LogP) is 5.31. The fourth-order valence-electron chi connectivity index (χ4n) is 4.67. The molecule has 228 valence electrons. The van der Waals surface area contributed by atoms with Crippen molar-refractivity contribution < 1.29 is 49.1 Å². The van der Waals surface area contributed by atoms with Gasteiger partial charge >= 0.3 is 12.4 Å². The number of sulfonamides is 1. The first-order valence-electron chi connectivity index (χ1n) is 13.1. The summed E-state index contributed by atoms with van der Waals surface area (Å²) in [5.74, 6) is -2.71. The van der Waals surface area contributed by atoms with Crippen LogP contribution in [0.15, 0.2) is 54.1 Å². The van der Waals surface area contributed by atoms with E-state index in [1.807, 2.05) is 17.0 Å². The lowest BCUT2D eigenvalue weighted by molar-refractivity contribution is -0.201. The summed E-state index contributed by atoms with van der Waals surface area (Å²) in [5.41, 5.74) is -3.50. The van der Waals surface area contributed by atoms with Crippen molar-refractivity contribution in [2.75, 3.05) is 6.61 Å². The number of aryl methyl sites for hydroxylation is 1. The zero-order valence-corrected chi connectivity index (χ0v) is 23.2. The Morgan fingerprint density at radius 1 is 1.02 bits per heavy atom. The molecule has 2 aliphatic rings. The molecule has 0 aromatic heterocycles. The molecule has 0 radical (unpaired) electrons. The van der Waals surface area contributed by atoms with Gasteiger partial charge in [-0.1, -0.05) is 43.3 Å². The number of hydrogen-bond donors (Lipinski definition) is 2. The van der Waals surface area contributed by atoms with Crippen LogP contribution in [0.1, 0.15) is 55.7 Å². The van der Waals surface area contributed by atoms with E-state index in [-0.39, 0.29) is 29.9 Å². The van der Waals surface area contributed by atoms with E-state index < -0.39 is 69.0 Å². The zero-order valence-electron chi connectivity index (χ0n) is 22.4. The lowest BCUT2D eigenvalue weighted by atomic mass is 9.76. The zero-order chi connectivity index (χ0) is 30.9. The molecule has 1 heterocycles. The van der Waals surface area contributed by atoms with Crippen molar-refractivity contribution in [3.05, 3.63) is 70.8 Å². The Morgan fingerprint density at radius 3 is 2.17 bits per heavy atom. The van der Waals surface area contributed by atoms with Gasteiger partial charge in [-0.2, -0.15) is 26.3 Å². The molecule has 1 aliphatic heterocycles. The maximum Gasteiger partial charge on any atom is 0.416 e. The average Bonchev–Trinajstić information content (AvgIpc) is 3.76. The molecule has 0 spiro atoms. The second-order valence-electron chi connectivity index (χ2n) is 10.2. The van der Waals surface area contributed by atoms with E-state index in [0.717, 1.165) is 29.8 Å². The van der Waals surface area contributed by atoms with Gasteiger partial charge in [-0.25, -0.2) is 13.1 Å². The van der Waals surface area contributed by atoms with Crippen molar-refractivity contribution in [1.82, 2.24) is 10.0 Å². The largest absolute Gasteiger partial charge is 0.494 e. The van der Waals surface area contributed by atoms with Crippen LogP contribution in [-0.2, 0) is 31.6 Å². The highest BCUT2D eigenvalue weighted by Gasteiger charge is 2.60. The number of carbonyl (C=O) groups is 2. The average molecular weight is 619 g/mol. The van der Waals surface area contributed by atoms with E-state index in [4.69, 9.17) is 4.74 Å². The standard InChI is InChI=1S/C28H28F6N2O5S/c1-2-17-4-6-18(7-5-17)22-16-26(28(32,33)34,19-8-10-20(11-9-19)41-15-3-14-27(29,30)31)35-24(37)23(22)25(38)36-42(39,40)21-12-13-21/h4-11,21H,2-3,12-16H2,1H3,(H,35,37)(H,36,38)/t26-/m0/s1. The molecule has 0 bridgehead atoms. The van der Waals surface area contributed by atoms with Crippen LogP contribution in [0, 0.1) is 0 Å². The third-order valence-electron chi connectivity index (χ3n) is 7.14. The highest BCUT2D eigenvalue weighted by atomic mass is 32.2. The molecule has 2 aromatic carbocycles. The second-order valence-corrected chi connectivity index (χ2v) is 12.2. The Kier molecular flexibility index (Phi) is 8.68. The fraction of sp³-hybridized carbons (Fsp3) is 0.429. The van der Waals surface area contributed by atoms with Crippen LogP contribution in [0.5, 0.6) is 5.75 Å². The first-order chi connectivity index (χ1) is 19.6. The van der Waals surface area contributed by atoms with Crippen LogP contribution in [0.2, 0.25) is 0 Å². The molecule has 1 aliphatic carbocycles. The van der Waals surface area contributed by atoms with Crippen molar-refractivity contribution in [3.63, 3.8) is 0 Å². The Labute approximate surface area is 238 Å². The lowest BCUT2D eigenvalue weighted by Gasteiger charge is -2.41. The molecule has 0 saturated heterocycles. The van der Waals surface area contributed by atoms with Gasteiger partial charge in [-0.05, 0) is 60.1 Å². The van der Waals surface area contributed by atoms with Gasteiger partial charge in [0.05, 0.1) is 11.9 Å². The lowest BCUT2D eigenvalue weighted by Crippen LogP contribution is -2.60. The molecule has 1 saturated carbocycles. The molecule has 42 heavy (non-hydrogen) atoms. The summed E-state index contributed by atoms with van der Waals surface area (Å²) in [7, 11) is -4.12. The molecule has 1 fully saturated rings. The van der Waals surface area contributed by atoms with E-state index in [1.165, 1.54) is 12.1 Å². The Balaban J connectivity index is 1.72. The molecule has 14 heteroatoms. The van der Waals surface area contributed by atoms with Crippen molar-refractivity contribution in [2.24, 2.45) is 0 Å². The number of nitrogens with one attached hydrogen (secondary N) is 2. The van der Waals surface area contributed by atoms with Crippen LogP contribution in [0.3, 0.4) is 0 Å². The number of ether oxygens (including phenoxy) is 1. The summed E-state index contributed by atoms with van der Waals surface area (Å²) < 4.78 is 114. The number of benzene rings is 2. The van der Waals surface area contributed by atoms with Crippen LogP contribution >= 0.6 is 0 Å². The number of carbonyl (C=O) groups excluding carboxylic acids is 2. The maximum atomic E-state index is 14.9. The number of amides is 2. The number of rotatable bonds is 10. The van der Waals surface area contributed by atoms with Crippen LogP contribution in [-0.4, -0.2) is 44.4 Å². The van der Waals surface area contributed by atoms with Gasteiger partial charge in [0.15, 0.2) is 5.54 Å². The number of halogens is 6. The minimum Gasteiger partial charge on any atom is -0.494 e. The summed E-state index contributed by atoms with van der Waals surface area (Å²) in [6.07, 6.45) is -10.6. The quantitative estimate of drug-likeness (QED) is 0.214. The summed E-state index contributed by atoms with van der Waals surface area (Å²) in [5, 5.41) is 1.10. The van der Waals surface area contributed by atoms with Crippen molar-refractivity contribution >= 4 is 27.4 Å². The van der Waals surface area contributed by atoms with E-state index >= 15 is 0 Å². The number of hydrogen-bond acceptors (Lipinski definition) is 5. The minimum atomic E-state index is -5.09. The number of alkyl halides is 6. The van der Waals surface area contributed by atoms with Gasteiger partial charge in [0.25, 0.3) is 11.8 Å². The second kappa shape index (κ2) is 11.6. The molecule has 1 atom stereocenters. The summed E-state index contributed by atoms with van der Waals surface area (Å²) in [6.45, 7) is 1.55. The van der Waals surface area contributed by atoms with Crippen LogP contribution < -0.4 is 14.8 Å². The Bertz CT molecular complexity index is 1460. The molecule has 7 nitrogen and oxygen atoms in total. The van der Waals surface area contributed by atoms with E-state index in [2.05, 4.69) is 0 Å². The topological polar surface area (TPSA) is 102 Å².